The normalized spacial score (nSPS) is 11.7. The summed E-state index contributed by atoms with van der Waals surface area (Å²) in [6.07, 6.45) is -3.16. The van der Waals surface area contributed by atoms with E-state index in [-0.39, 0.29) is 23.4 Å². The lowest BCUT2D eigenvalue weighted by Gasteiger charge is -2.12. The van der Waals surface area contributed by atoms with Crippen LogP contribution in [0.15, 0.2) is 64.4 Å². The molecule has 0 N–H and O–H groups in total. The molecule has 0 saturated carbocycles. The summed E-state index contributed by atoms with van der Waals surface area (Å²) in [6.45, 7) is 10.7. The zero-order chi connectivity index (χ0) is 19.9. The molecule has 0 aliphatic rings. The fourth-order valence-corrected chi connectivity index (χ4v) is 2.15. The minimum atomic E-state index is -4.70. The van der Waals surface area contributed by atoms with Gasteiger partial charge in [-0.25, -0.2) is 4.79 Å². The Bertz CT molecular complexity index is 905. The number of allylic oxidation sites excluding steroid dienone is 4. The molecule has 2 rings (SSSR count). The van der Waals surface area contributed by atoms with Gasteiger partial charge in [-0.15, -0.1) is 0 Å². The van der Waals surface area contributed by atoms with Crippen LogP contribution in [0.4, 0.5) is 13.2 Å². The second-order valence-electron chi connectivity index (χ2n) is 4.59. The summed E-state index contributed by atoms with van der Waals surface area (Å²) >= 11 is 0. The average molecular weight is 366 g/mol. The first-order valence-electron chi connectivity index (χ1n) is 7.56. The van der Waals surface area contributed by atoms with Crippen molar-refractivity contribution in [3.8, 4) is 5.75 Å². The summed E-state index contributed by atoms with van der Waals surface area (Å²) in [5, 5.41) is 0.354. The standard InChI is InChI=1S/C17H11F3O4.C2H6/c1-3-12(14(4-2)17(18,19)20)13-7-10-5-6-11(23-9-21)8-15(10)24-16(13)22;1-2/h3-9H,1-2H2;1-2H3/b14-12-;. The van der Waals surface area contributed by atoms with Crippen molar-refractivity contribution >= 4 is 23.0 Å². The first kappa shape index (κ1) is 21.0. The lowest BCUT2D eigenvalue weighted by atomic mass is 9.99. The van der Waals surface area contributed by atoms with E-state index >= 15 is 0 Å². The molecule has 1 aromatic heterocycles. The van der Waals surface area contributed by atoms with Crippen LogP contribution < -0.4 is 10.4 Å². The molecule has 138 valence electrons. The molecule has 0 bridgehead atoms. The van der Waals surface area contributed by atoms with Crippen molar-refractivity contribution in [2.24, 2.45) is 0 Å². The average Bonchev–Trinajstić information content (AvgIpc) is 2.60. The molecule has 0 radical (unpaired) electrons. The van der Waals surface area contributed by atoms with Gasteiger partial charge in [-0.05, 0) is 18.2 Å². The van der Waals surface area contributed by atoms with Crippen LogP contribution in [0.5, 0.6) is 5.75 Å². The maximum atomic E-state index is 13.1. The number of carbonyl (C=O) groups excluding carboxylic acids is 1. The third-order valence-corrected chi connectivity index (χ3v) is 3.19. The van der Waals surface area contributed by atoms with Gasteiger partial charge in [0, 0.05) is 17.0 Å². The lowest BCUT2D eigenvalue weighted by molar-refractivity contribution is -0.120. The summed E-state index contributed by atoms with van der Waals surface area (Å²) in [5.74, 6) is 0.134. The quantitative estimate of drug-likeness (QED) is 0.422. The third kappa shape index (κ3) is 4.50. The van der Waals surface area contributed by atoms with Crippen LogP contribution in [0.1, 0.15) is 19.4 Å². The third-order valence-electron chi connectivity index (χ3n) is 3.19. The molecule has 0 aliphatic carbocycles. The SMILES string of the molecule is C=C/C(=C(\C=C)C(F)(F)F)c1cc2ccc(OC=O)cc2oc1=O.CC. The number of hydrogen-bond acceptors (Lipinski definition) is 4. The summed E-state index contributed by atoms with van der Waals surface area (Å²) in [4.78, 5) is 22.4. The summed E-state index contributed by atoms with van der Waals surface area (Å²) in [5.41, 5.74) is -2.73. The number of rotatable bonds is 5. The van der Waals surface area contributed by atoms with E-state index in [1.165, 1.54) is 24.3 Å². The van der Waals surface area contributed by atoms with E-state index < -0.39 is 22.9 Å². The largest absolute Gasteiger partial charge is 0.429 e. The number of halogens is 3. The van der Waals surface area contributed by atoms with Crippen molar-refractivity contribution in [1.82, 2.24) is 0 Å². The Balaban J connectivity index is 0.00000163. The first-order chi connectivity index (χ1) is 12.3. The van der Waals surface area contributed by atoms with Crippen molar-refractivity contribution in [2.45, 2.75) is 20.0 Å². The maximum absolute atomic E-state index is 13.1. The monoisotopic (exact) mass is 366 g/mol. The van der Waals surface area contributed by atoms with E-state index in [2.05, 4.69) is 17.9 Å². The highest BCUT2D eigenvalue weighted by molar-refractivity contribution is 5.85. The van der Waals surface area contributed by atoms with Gasteiger partial charge in [0.15, 0.2) is 0 Å². The molecule has 0 spiro atoms. The van der Waals surface area contributed by atoms with Crippen LogP contribution in [-0.4, -0.2) is 12.6 Å². The van der Waals surface area contributed by atoms with Crippen molar-refractivity contribution in [1.29, 1.82) is 0 Å². The molecule has 0 saturated heterocycles. The number of hydrogen-bond donors (Lipinski definition) is 0. The van der Waals surface area contributed by atoms with Crippen LogP contribution in [-0.2, 0) is 4.79 Å². The number of benzene rings is 1. The van der Waals surface area contributed by atoms with Gasteiger partial charge >= 0.3 is 11.8 Å². The van der Waals surface area contributed by atoms with Gasteiger partial charge in [-0.1, -0.05) is 39.2 Å². The van der Waals surface area contributed by atoms with E-state index in [0.29, 0.717) is 11.5 Å². The summed E-state index contributed by atoms with van der Waals surface area (Å²) < 4.78 is 48.9. The highest BCUT2D eigenvalue weighted by atomic mass is 19.4. The topological polar surface area (TPSA) is 56.5 Å². The Morgan fingerprint density at radius 1 is 1.15 bits per heavy atom. The lowest BCUT2D eigenvalue weighted by Crippen LogP contribution is -2.15. The van der Waals surface area contributed by atoms with Gasteiger partial charge in [0.1, 0.15) is 11.3 Å². The molecule has 1 heterocycles. The van der Waals surface area contributed by atoms with Crippen LogP contribution in [0.2, 0.25) is 0 Å². The van der Waals surface area contributed by atoms with Crippen LogP contribution in [0, 0.1) is 0 Å². The van der Waals surface area contributed by atoms with Gasteiger partial charge in [0.2, 0.25) is 0 Å². The van der Waals surface area contributed by atoms with Crippen molar-refractivity contribution < 1.29 is 27.1 Å². The number of alkyl halides is 3. The van der Waals surface area contributed by atoms with Crippen LogP contribution in [0.3, 0.4) is 0 Å². The molecule has 0 fully saturated rings. The Kier molecular flexibility index (Phi) is 7.13. The predicted molar refractivity (Wildman–Crippen MR) is 93.9 cm³/mol. The first-order valence-corrected chi connectivity index (χ1v) is 7.56. The molecule has 2 aromatic rings. The predicted octanol–water partition coefficient (Wildman–Crippen LogP) is 5.04. The van der Waals surface area contributed by atoms with Gasteiger partial charge < -0.3 is 9.15 Å². The fraction of sp³-hybridized carbons (Fsp3) is 0.158. The van der Waals surface area contributed by atoms with Crippen LogP contribution in [0.25, 0.3) is 16.5 Å². The Labute approximate surface area is 147 Å². The van der Waals surface area contributed by atoms with E-state index in [4.69, 9.17) is 4.42 Å². The highest BCUT2D eigenvalue weighted by Gasteiger charge is 2.34. The zero-order valence-corrected chi connectivity index (χ0v) is 14.2. The molecular formula is C19H17F3O4. The maximum Gasteiger partial charge on any atom is 0.416 e. The zero-order valence-electron chi connectivity index (χ0n) is 14.2. The van der Waals surface area contributed by atoms with E-state index in [0.717, 1.165) is 6.08 Å². The van der Waals surface area contributed by atoms with E-state index in [1.54, 1.807) is 0 Å². The van der Waals surface area contributed by atoms with Gasteiger partial charge in [0.05, 0.1) is 11.1 Å². The number of ether oxygens (including phenoxy) is 1. The number of carbonyl (C=O) groups is 1. The van der Waals surface area contributed by atoms with E-state index in [9.17, 15) is 22.8 Å². The smallest absolute Gasteiger partial charge is 0.416 e. The molecule has 0 amide bonds. The number of fused-ring (bicyclic) bond motifs is 1. The fourth-order valence-electron chi connectivity index (χ4n) is 2.15. The Morgan fingerprint density at radius 2 is 1.81 bits per heavy atom. The van der Waals surface area contributed by atoms with E-state index in [1.807, 2.05) is 13.8 Å². The molecular weight excluding hydrogens is 349 g/mol. The molecule has 4 nitrogen and oxygen atoms in total. The molecule has 0 unspecified atom stereocenters. The van der Waals surface area contributed by atoms with Gasteiger partial charge in [0.25, 0.3) is 6.47 Å². The summed E-state index contributed by atoms with van der Waals surface area (Å²) in [7, 11) is 0. The molecule has 0 aliphatic heterocycles. The van der Waals surface area contributed by atoms with Crippen molar-refractivity contribution in [2.75, 3.05) is 0 Å². The molecule has 7 heteroatoms. The van der Waals surface area contributed by atoms with Gasteiger partial charge in [-0.2, -0.15) is 13.2 Å². The molecule has 26 heavy (non-hydrogen) atoms. The second kappa shape index (κ2) is 8.84. The van der Waals surface area contributed by atoms with Gasteiger partial charge in [-0.3, -0.25) is 4.79 Å². The van der Waals surface area contributed by atoms with Crippen molar-refractivity contribution in [3.05, 3.63) is 71.1 Å². The molecule has 1 aromatic carbocycles. The van der Waals surface area contributed by atoms with Crippen molar-refractivity contribution in [3.63, 3.8) is 0 Å². The second-order valence-corrected chi connectivity index (χ2v) is 4.59. The highest BCUT2D eigenvalue weighted by Crippen LogP contribution is 2.33. The van der Waals surface area contributed by atoms with Crippen LogP contribution >= 0.6 is 0 Å². The summed E-state index contributed by atoms with van der Waals surface area (Å²) in [6, 6.07) is 5.39. The Hall–Kier alpha value is -3.09. The minimum absolute atomic E-state index is 0.0682. The minimum Gasteiger partial charge on any atom is -0.429 e. The molecule has 0 atom stereocenters. The Morgan fingerprint density at radius 3 is 2.31 bits per heavy atom.